The fourth-order valence-corrected chi connectivity index (χ4v) is 2.47. The number of aromatic nitrogens is 2. The van der Waals surface area contributed by atoms with Gasteiger partial charge in [0.15, 0.2) is 0 Å². The highest BCUT2D eigenvalue weighted by molar-refractivity contribution is 5.68. The van der Waals surface area contributed by atoms with Crippen LogP contribution < -0.4 is 10.6 Å². The van der Waals surface area contributed by atoms with Crippen LogP contribution in [0, 0.1) is 12.7 Å². The standard InChI is InChI=1S/C20H21FN4/c1-13(2)22-20-24-18(15-8-5-4-6-9-15)12-19(25-20)23-17-11-7-10-16(21)14(17)3/h4-13H,1-3H3,(H2,22,23,24,25). The second kappa shape index (κ2) is 7.30. The number of nitrogens with one attached hydrogen (secondary N) is 2. The van der Waals surface area contributed by atoms with Crippen LogP contribution in [0.1, 0.15) is 19.4 Å². The molecule has 0 saturated carbocycles. The van der Waals surface area contributed by atoms with Gasteiger partial charge in [-0.2, -0.15) is 4.98 Å². The Morgan fingerprint density at radius 1 is 0.960 bits per heavy atom. The van der Waals surface area contributed by atoms with Gasteiger partial charge in [-0.1, -0.05) is 36.4 Å². The molecule has 1 aromatic heterocycles. The summed E-state index contributed by atoms with van der Waals surface area (Å²) in [5.41, 5.74) is 3.04. The quantitative estimate of drug-likeness (QED) is 0.676. The minimum absolute atomic E-state index is 0.203. The second-order valence-corrected chi connectivity index (χ2v) is 6.16. The lowest BCUT2D eigenvalue weighted by atomic mass is 10.1. The van der Waals surface area contributed by atoms with Crippen LogP contribution in [0.3, 0.4) is 0 Å². The number of nitrogens with zero attached hydrogens (tertiary/aromatic N) is 2. The Morgan fingerprint density at radius 2 is 1.72 bits per heavy atom. The number of hydrogen-bond acceptors (Lipinski definition) is 4. The van der Waals surface area contributed by atoms with Crippen LogP contribution in [0.2, 0.25) is 0 Å². The lowest BCUT2D eigenvalue weighted by molar-refractivity contribution is 0.619. The molecule has 3 rings (SSSR count). The molecule has 2 N–H and O–H groups in total. The van der Waals surface area contributed by atoms with Gasteiger partial charge in [0.25, 0.3) is 0 Å². The third kappa shape index (κ3) is 4.12. The first-order valence-electron chi connectivity index (χ1n) is 8.26. The van der Waals surface area contributed by atoms with E-state index in [0.29, 0.717) is 23.0 Å². The summed E-state index contributed by atoms with van der Waals surface area (Å²) in [6, 6.07) is 16.9. The van der Waals surface area contributed by atoms with Crippen LogP contribution in [0.4, 0.5) is 21.8 Å². The van der Waals surface area contributed by atoms with Crippen molar-refractivity contribution in [2.75, 3.05) is 10.6 Å². The molecule has 128 valence electrons. The van der Waals surface area contributed by atoms with E-state index < -0.39 is 0 Å². The van der Waals surface area contributed by atoms with Crippen molar-refractivity contribution in [3.63, 3.8) is 0 Å². The lowest BCUT2D eigenvalue weighted by Crippen LogP contribution is -2.13. The molecule has 1 heterocycles. The summed E-state index contributed by atoms with van der Waals surface area (Å²) in [7, 11) is 0. The highest BCUT2D eigenvalue weighted by atomic mass is 19.1. The molecule has 0 amide bonds. The Balaban J connectivity index is 2.01. The Morgan fingerprint density at radius 3 is 2.44 bits per heavy atom. The van der Waals surface area contributed by atoms with Crippen molar-refractivity contribution in [1.29, 1.82) is 0 Å². The van der Waals surface area contributed by atoms with Gasteiger partial charge in [0.1, 0.15) is 11.6 Å². The van der Waals surface area contributed by atoms with E-state index >= 15 is 0 Å². The molecule has 0 bridgehead atoms. The molecule has 0 atom stereocenters. The van der Waals surface area contributed by atoms with Crippen LogP contribution in [0.25, 0.3) is 11.3 Å². The third-order valence-corrected chi connectivity index (χ3v) is 3.74. The van der Waals surface area contributed by atoms with Gasteiger partial charge in [0.2, 0.25) is 5.95 Å². The highest BCUT2D eigenvalue weighted by Crippen LogP contribution is 2.26. The maximum atomic E-state index is 13.8. The summed E-state index contributed by atoms with van der Waals surface area (Å²) in [4.78, 5) is 9.10. The molecular formula is C20H21FN4. The summed E-state index contributed by atoms with van der Waals surface area (Å²) in [6.45, 7) is 5.80. The van der Waals surface area contributed by atoms with E-state index in [1.165, 1.54) is 6.07 Å². The molecule has 4 nitrogen and oxygen atoms in total. The summed E-state index contributed by atoms with van der Waals surface area (Å²) < 4.78 is 13.8. The van der Waals surface area contributed by atoms with Gasteiger partial charge in [-0.05, 0) is 32.9 Å². The zero-order chi connectivity index (χ0) is 17.8. The molecule has 0 aliphatic carbocycles. The molecule has 0 saturated heterocycles. The van der Waals surface area contributed by atoms with Gasteiger partial charge in [-0.25, -0.2) is 9.37 Å². The molecule has 0 aliphatic rings. The van der Waals surface area contributed by atoms with Crippen molar-refractivity contribution < 1.29 is 4.39 Å². The summed E-state index contributed by atoms with van der Waals surface area (Å²) in [6.07, 6.45) is 0. The Hall–Kier alpha value is -2.95. The van der Waals surface area contributed by atoms with Gasteiger partial charge < -0.3 is 10.6 Å². The van der Waals surface area contributed by atoms with Crippen LogP contribution in [-0.4, -0.2) is 16.0 Å². The van der Waals surface area contributed by atoms with E-state index in [2.05, 4.69) is 20.6 Å². The van der Waals surface area contributed by atoms with Gasteiger partial charge in [-0.15, -0.1) is 0 Å². The monoisotopic (exact) mass is 336 g/mol. The SMILES string of the molecule is Cc1c(F)cccc1Nc1cc(-c2ccccc2)nc(NC(C)C)n1. The zero-order valence-electron chi connectivity index (χ0n) is 14.5. The molecular weight excluding hydrogens is 315 g/mol. The van der Waals surface area contributed by atoms with Gasteiger partial charge >= 0.3 is 0 Å². The smallest absolute Gasteiger partial charge is 0.225 e. The van der Waals surface area contributed by atoms with Gasteiger partial charge in [-0.3, -0.25) is 0 Å². The van der Waals surface area contributed by atoms with Crippen molar-refractivity contribution in [3.05, 3.63) is 66.0 Å². The van der Waals surface area contributed by atoms with Crippen molar-refractivity contribution in [1.82, 2.24) is 9.97 Å². The minimum Gasteiger partial charge on any atom is -0.352 e. The van der Waals surface area contributed by atoms with Crippen LogP contribution in [0.5, 0.6) is 0 Å². The van der Waals surface area contributed by atoms with E-state index in [0.717, 1.165) is 11.3 Å². The first kappa shape index (κ1) is 16.9. The van der Waals surface area contributed by atoms with Gasteiger partial charge in [0.05, 0.1) is 5.69 Å². The molecule has 0 unspecified atom stereocenters. The zero-order valence-corrected chi connectivity index (χ0v) is 14.5. The first-order valence-corrected chi connectivity index (χ1v) is 8.26. The van der Waals surface area contributed by atoms with E-state index in [1.54, 1.807) is 13.0 Å². The predicted octanol–water partition coefficient (Wildman–Crippen LogP) is 5.16. The largest absolute Gasteiger partial charge is 0.352 e. The fourth-order valence-electron chi connectivity index (χ4n) is 2.47. The van der Waals surface area contributed by atoms with Crippen molar-refractivity contribution in [2.45, 2.75) is 26.8 Å². The normalized spacial score (nSPS) is 10.8. The maximum Gasteiger partial charge on any atom is 0.225 e. The molecule has 0 fully saturated rings. The molecule has 5 heteroatoms. The fraction of sp³-hybridized carbons (Fsp3) is 0.200. The number of anilines is 3. The first-order chi connectivity index (χ1) is 12.0. The average Bonchev–Trinajstić information content (AvgIpc) is 2.59. The van der Waals surface area contributed by atoms with E-state index in [-0.39, 0.29) is 11.9 Å². The number of halogens is 1. The molecule has 0 aliphatic heterocycles. The maximum absolute atomic E-state index is 13.8. The Bertz CT molecular complexity index is 863. The number of hydrogen-bond donors (Lipinski definition) is 2. The topological polar surface area (TPSA) is 49.8 Å². The van der Waals surface area contributed by atoms with Crippen molar-refractivity contribution >= 4 is 17.5 Å². The predicted molar refractivity (Wildman–Crippen MR) is 101 cm³/mol. The average molecular weight is 336 g/mol. The van der Waals surface area contributed by atoms with Crippen LogP contribution in [-0.2, 0) is 0 Å². The Kier molecular flexibility index (Phi) is 4.93. The summed E-state index contributed by atoms with van der Waals surface area (Å²) in [5.74, 6) is 0.904. The van der Waals surface area contributed by atoms with Crippen LogP contribution >= 0.6 is 0 Å². The second-order valence-electron chi connectivity index (χ2n) is 6.16. The third-order valence-electron chi connectivity index (χ3n) is 3.74. The van der Waals surface area contributed by atoms with Crippen molar-refractivity contribution in [2.24, 2.45) is 0 Å². The lowest BCUT2D eigenvalue weighted by Gasteiger charge is -2.14. The van der Waals surface area contributed by atoms with E-state index in [9.17, 15) is 4.39 Å². The number of benzene rings is 2. The summed E-state index contributed by atoms with van der Waals surface area (Å²) >= 11 is 0. The molecule has 2 aromatic carbocycles. The molecule has 25 heavy (non-hydrogen) atoms. The molecule has 0 spiro atoms. The number of rotatable bonds is 5. The van der Waals surface area contributed by atoms with Crippen LogP contribution in [0.15, 0.2) is 54.6 Å². The van der Waals surface area contributed by atoms with E-state index in [4.69, 9.17) is 0 Å². The van der Waals surface area contributed by atoms with Gasteiger partial charge in [0, 0.05) is 28.9 Å². The van der Waals surface area contributed by atoms with Crippen molar-refractivity contribution in [3.8, 4) is 11.3 Å². The summed E-state index contributed by atoms with van der Waals surface area (Å²) in [5, 5.41) is 6.44. The van der Waals surface area contributed by atoms with E-state index in [1.807, 2.05) is 56.3 Å². The Labute approximate surface area is 147 Å². The minimum atomic E-state index is -0.247. The molecule has 3 aromatic rings. The highest BCUT2D eigenvalue weighted by Gasteiger charge is 2.10. The molecule has 0 radical (unpaired) electrons.